The van der Waals surface area contributed by atoms with Crippen LogP contribution in [0.2, 0.25) is 10.0 Å². The molecule has 0 heterocycles. The molecule has 19 heavy (non-hydrogen) atoms. The van der Waals surface area contributed by atoms with Crippen LogP contribution in [0.5, 0.6) is 5.75 Å². The minimum absolute atomic E-state index is 0.0384. The van der Waals surface area contributed by atoms with Crippen molar-refractivity contribution in [2.75, 3.05) is 11.1 Å². The smallest absolute Gasteiger partial charge is 0.257 e. The third kappa shape index (κ3) is 3.30. The first-order valence-corrected chi connectivity index (χ1v) is 6.07. The highest BCUT2D eigenvalue weighted by molar-refractivity contribution is 6.35. The molecule has 0 aliphatic rings. The highest BCUT2D eigenvalue weighted by atomic mass is 35.5. The van der Waals surface area contributed by atoms with Gasteiger partial charge in [0, 0.05) is 21.4 Å². The van der Waals surface area contributed by atoms with Gasteiger partial charge >= 0.3 is 0 Å². The first kappa shape index (κ1) is 13.5. The summed E-state index contributed by atoms with van der Waals surface area (Å²) in [5.41, 5.74) is 6.57. The van der Waals surface area contributed by atoms with Crippen LogP contribution < -0.4 is 11.1 Å². The standard InChI is InChI=1S/C13H10Cl2N2O2/c14-7-3-8(15)5-9(4-7)17-13(19)11-6-10(18)1-2-12(11)16/h1-6,18H,16H2,(H,17,19). The van der Waals surface area contributed by atoms with Crippen molar-refractivity contribution < 1.29 is 9.90 Å². The molecule has 4 nitrogen and oxygen atoms in total. The van der Waals surface area contributed by atoms with E-state index in [9.17, 15) is 9.90 Å². The van der Waals surface area contributed by atoms with Crippen LogP contribution in [0.25, 0.3) is 0 Å². The zero-order valence-corrected chi connectivity index (χ0v) is 11.2. The highest BCUT2D eigenvalue weighted by Gasteiger charge is 2.11. The van der Waals surface area contributed by atoms with Crippen molar-refractivity contribution in [2.45, 2.75) is 0 Å². The molecule has 0 atom stereocenters. The van der Waals surface area contributed by atoms with E-state index in [1.807, 2.05) is 0 Å². The van der Waals surface area contributed by atoms with Crippen LogP contribution in [0.3, 0.4) is 0 Å². The number of hydrogen-bond donors (Lipinski definition) is 3. The van der Waals surface area contributed by atoms with E-state index < -0.39 is 5.91 Å². The summed E-state index contributed by atoms with van der Waals surface area (Å²) in [7, 11) is 0. The van der Waals surface area contributed by atoms with Crippen molar-refractivity contribution in [3.8, 4) is 5.75 Å². The Balaban J connectivity index is 2.28. The van der Waals surface area contributed by atoms with Gasteiger partial charge in [-0.25, -0.2) is 0 Å². The number of anilines is 2. The molecule has 0 spiro atoms. The van der Waals surface area contributed by atoms with Gasteiger partial charge in [-0.05, 0) is 36.4 Å². The van der Waals surface area contributed by atoms with Gasteiger partial charge in [0.2, 0.25) is 0 Å². The lowest BCUT2D eigenvalue weighted by atomic mass is 10.1. The number of phenolic OH excluding ortho intramolecular Hbond substituents is 1. The van der Waals surface area contributed by atoms with Gasteiger partial charge in [0.25, 0.3) is 5.91 Å². The van der Waals surface area contributed by atoms with Gasteiger partial charge in [-0.15, -0.1) is 0 Å². The number of phenols is 1. The third-order valence-corrected chi connectivity index (χ3v) is 2.84. The second-order valence-electron chi connectivity index (χ2n) is 3.88. The molecule has 2 aromatic carbocycles. The maximum atomic E-state index is 12.0. The molecule has 0 aliphatic carbocycles. The number of nitrogen functional groups attached to an aromatic ring is 1. The van der Waals surface area contributed by atoms with E-state index in [0.29, 0.717) is 15.7 Å². The number of amides is 1. The van der Waals surface area contributed by atoms with Crippen LogP contribution in [0.15, 0.2) is 36.4 Å². The average Bonchev–Trinajstić information content (AvgIpc) is 2.30. The summed E-state index contributed by atoms with van der Waals surface area (Å²) in [5.74, 6) is -0.491. The molecule has 0 bridgehead atoms. The Kier molecular flexibility index (Phi) is 3.83. The molecule has 2 rings (SSSR count). The average molecular weight is 297 g/mol. The lowest BCUT2D eigenvalue weighted by molar-refractivity contribution is 0.102. The monoisotopic (exact) mass is 296 g/mol. The number of nitrogens with two attached hydrogens (primary N) is 1. The van der Waals surface area contributed by atoms with Gasteiger partial charge in [0.1, 0.15) is 5.75 Å². The van der Waals surface area contributed by atoms with E-state index in [0.717, 1.165) is 0 Å². The van der Waals surface area contributed by atoms with E-state index in [2.05, 4.69) is 5.32 Å². The second kappa shape index (κ2) is 5.38. The Morgan fingerprint density at radius 3 is 2.37 bits per heavy atom. The van der Waals surface area contributed by atoms with E-state index in [1.165, 1.54) is 18.2 Å². The Morgan fingerprint density at radius 2 is 1.74 bits per heavy atom. The van der Waals surface area contributed by atoms with Crippen LogP contribution in [-0.4, -0.2) is 11.0 Å². The normalized spacial score (nSPS) is 10.2. The maximum absolute atomic E-state index is 12.0. The van der Waals surface area contributed by atoms with Crippen molar-refractivity contribution >= 4 is 40.5 Å². The van der Waals surface area contributed by atoms with Crippen LogP contribution in [0.1, 0.15) is 10.4 Å². The quantitative estimate of drug-likeness (QED) is 0.586. The molecule has 0 unspecified atom stereocenters. The molecule has 6 heteroatoms. The van der Waals surface area contributed by atoms with Crippen LogP contribution >= 0.6 is 23.2 Å². The van der Waals surface area contributed by atoms with Gasteiger partial charge in [-0.1, -0.05) is 23.2 Å². The fraction of sp³-hybridized carbons (Fsp3) is 0. The summed E-state index contributed by atoms with van der Waals surface area (Å²) in [6.45, 7) is 0. The van der Waals surface area contributed by atoms with Gasteiger partial charge in [-0.3, -0.25) is 4.79 Å². The minimum Gasteiger partial charge on any atom is -0.508 e. The van der Waals surface area contributed by atoms with Crippen LogP contribution in [0, 0.1) is 0 Å². The van der Waals surface area contributed by atoms with Crippen molar-refractivity contribution in [3.63, 3.8) is 0 Å². The van der Waals surface area contributed by atoms with Crippen molar-refractivity contribution in [2.24, 2.45) is 0 Å². The van der Waals surface area contributed by atoms with E-state index in [1.54, 1.807) is 18.2 Å². The summed E-state index contributed by atoms with van der Waals surface area (Å²) in [4.78, 5) is 12.0. The summed E-state index contributed by atoms with van der Waals surface area (Å²) >= 11 is 11.7. The van der Waals surface area contributed by atoms with Crippen molar-refractivity contribution in [3.05, 3.63) is 52.0 Å². The van der Waals surface area contributed by atoms with Crippen molar-refractivity contribution in [1.82, 2.24) is 0 Å². The number of rotatable bonds is 2. The summed E-state index contributed by atoms with van der Waals surface area (Å²) in [6, 6.07) is 8.82. The number of carbonyl (C=O) groups is 1. The SMILES string of the molecule is Nc1ccc(O)cc1C(=O)Nc1cc(Cl)cc(Cl)c1. The van der Waals surface area contributed by atoms with Crippen molar-refractivity contribution in [1.29, 1.82) is 0 Å². The number of carbonyl (C=O) groups excluding carboxylic acids is 1. The summed E-state index contributed by atoms with van der Waals surface area (Å²) < 4.78 is 0. The molecule has 0 saturated heterocycles. The molecule has 0 aromatic heterocycles. The highest BCUT2D eigenvalue weighted by Crippen LogP contribution is 2.24. The molecule has 2 aromatic rings. The Hall–Kier alpha value is -1.91. The number of halogens is 2. The zero-order chi connectivity index (χ0) is 14.0. The zero-order valence-electron chi connectivity index (χ0n) is 9.65. The fourth-order valence-corrected chi connectivity index (χ4v) is 2.09. The fourth-order valence-electron chi connectivity index (χ4n) is 1.57. The predicted molar refractivity (Wildman–Crippen MR) is 76.9 cm³/mol. The largest absolute Gasteiger partial charge is 0.508 e. The molecule has 4 N–H and O–H groups in total. The van der Waals surface area contributed by atoms with E-state index >= 15 is 0 Å². The number of nitrogens with one attached hydrogen (secondary N) is 1. The predicted octanol–water partition coefficient (Wildman–Crippen LogP) is 3.53. The van der Waals surface area contributed by atoms with Crippen LogP contribution in [0.4, 0.5) is 11.4 Å². The van der Waals surface area contributed by atoms with Crippen LogP contribution in [-0.2, 0) is 0 Å². The molecular weight excluding hydrogens is 287 g/mol. The number of aromatic hydroxyl groups is 1. The Labute approximate surface area is 119 Å². The molecule has 0 saturated carbocycles. The lowest BCUT2D eigenvalue weighted by Crippen LogP contribution is -2.13. The lowest BCUT2D eigenvalue weighted by Gasteiger charge is -2.08. The van der Waals surface area contributed by atoms with Gasteiger partial charge in [-0.2, -0.15) is 0 Å². The van der Waals surface area contributed by atoms with Gasteiger partial charge in [0.05, 0.1) is 5.56 Å². The first-order valence-electron chi connectivity index (χ1n) is 5.31. The molecule has 0 aliphatic heterocycles. The minimum atomic E-state index is -0.452. The summed E-state index contributed by atoms with van der Waals surface area (Å²) in [6.07, 6.45) is 0. The molecule has 1 amide bonds. The van der Waals surface area contributed by atoms with E-state index in [-0.39, 0.29) is 17.0 Å². The Morgan fingerprint density at radius 1 is 1.11 bits per heavy atom. The number of benzene rings is 2. The maximum Gasteiger partial charge on any atom is 0.257 e. The topological polar surface area (TPSA) is 75.3 Å². The Bertz CT molecular complexity index is 624. The molecule has 98 valence electrons. The molecular formula is C13H10Cl2N2O2. The molecule has 0 radical (unpaired) electrons. The van der Waals surface area contributed by atoms with E-state index in [4.69, 9.17) is 28.9 Å². The molecule has 0 fully saturated rings. The third-order valence-electron chi connectivity index (χ3n) is 2.40. The van der Waals surface area contributed by atoms with Gasteiger partial charge in [0.15, 0.2) is 0 Å². The number of hydrogen-bond acceptors (Lipinski definition) is 3. The second-order valence-corrected chi connectivity index (χ2v) is 4.76. The van der Waals surface area contributed by atoms with Gasteiger partial charge < -0.3 is 16.2 Å². The summed E-state index contributed by atoms with van der Waals surface area (Å²) in [5, 5.41) is 12.8. The first-order chi connectivity index (χ1) is 8.95.